The van der Waals surface area contributed by atoms with E-state index in [1.54, 1.807) is 62.4 Å². The van der Waals surface area contributed by atoms with Crippen LogP contribution in [-0.2, 0) is 9.53 Å². The number of rotatable bonds is 5. The van der Waals surface area contributed by atoms with Gasteiger partial charge in [-0.2, -0.15) is 9.78 Å². The number of benzene rings is 2. The number of aromatic nitrogens is 2. The maximum Gasteiger partial charge on any atom is 0.328 e. The number of nitrogens with one attached hydrogen (secondary N) is 1. The van der Waals surface area contributed by atoms with Crippen LogP contribution in [0.4, 0.5) is 0 Å². The maximum atomic E-state index is 13.0. The van der Waals surface area contributed by atoms with E-state index in [4.69, 9.17) is 4.74 Å². The Labute approximate surface area is 161 Å². The third-order valence-corrected chi connectivity index (χ3v) is 4.43. The lowest BCUT2D eigenvalue weighted by Crippen LogP contribution is -2.45. The second kappa shape index (κ2) is 8.04. The van der Waals surface area contributed by atoms with Crippen LogP contribution in [0.3, 0.4) is 0 Å². The van der Waals surface area contributed by atoms with Crippen molar-refractivity contribution in [2.45, 2.75) is 19.9 Å². The Morgan fingerprint density at radius 2 is 1.61 bits per heavy atom. The van der Waals surface area contributed by atoms with Crippen LogP contribution < -0.4 is 10.9 Å². The number of carbonyl (C=O) groups excluding carboxylic acids is 2. The third kappa shape index (κ3) is 3.64. The molecule has 1 heterocycles. The SMILES string of the molecule is COC(=O)C(NC(=O)c1nn(-c2ccccc2)c(=O)c2ccccc12)C(C)C. The van der Waals surface area contributed by atoms with Crippen LogP contribution in [0.2, 0.25) is 0 Å². The van der Waals surface area contributed by atoms with Crippen LogP contribution in [0.15, 0.2) is 59.4 Å². The average Bonchev–Trinajstić information content (AvgIpc) is 2.72. The summed E-state index contributed by atoms with van der Waals surface area (Å²) in [5.74, 6) is -1.27. The number of fused-ring (bicyclic) bond motifs is 1. The lowest BCUT2D eigenvalue weighted by atomic mass is 10.0. The smallest absolute Gasteiger partial charge is 0.328 e. The molecule has 1 amide bonds. The number of hydrogen-bond acceptors (Lipinski definition) is 5. The van der Waals surface area contributed by atoms with Crippen LogP contribution in [0.5, 0.6) is 0 Å². The molecule has 3 aromatic rings. The third-order valence-electron chi connectivity index (χ3n) is 4.43. The van der Waals surface area contributed by atoms with E-state index in [0.717, 1.165) is 0 Å². The molecule has 1 N–H and O–H groups in total. The van der Waals surface area contributed by atoms with E-state index in [2.05, 4.69) is 10.4 Å². The molecule has 0 aliphatic rings. The predicted octanol–water partition coefficient (Wildman–Crippen LogP) is 2.31. The predicted molar refractivity (Wildman–Crippen MR) is 105 cm³/mol. The van der Waals surface area contributed by atoms with E-state index < -0.39 is 17.9 Å². The molecule has 0 fully saturated rings. The Morgan fingerprint density at radius 1 is 1.00 bits per heavy atom. The van der Waals surface area contributed by atoms with Crippen LogP contribution >= 0.6 is 0 Å². The summed E-state index contributed by atoms with van der Waals surface area (Å²) in [7, 11) is 1.27. The molecule has 144 valence electrons. The van der Waals surface area contributed by atoms with Gasteiger partial charge in [0.25, 0.3) is 11.5 Å². The highest BCUT2D eigenvalue weighted by molar-refractivity contribution is 6.06. The van der Waals surface area contributed by atoms with Crippen molar-refractivity contribution in [3.05, 3.63) is 70.6 Å². The average molecular weight is 379 g/mol. The molecule has 0 bridgehead atoms. The number of hydrogen-bond donors (Lipinski definition) is 1. The Balaban J connectivity index is 2.15. The summed E-state index contributed by atoms with van der Waals surface area (Å²) in [4.78, 5) is 37.9. The molecule has 0 spiro atoms. The maximum absolute atomic E-state index is 13.0. The van der Waals surface area contributed by atoms with Crippen LogP contribution in [0.1, 0.15) is 24.3 Å². The number of carbonyl (C=O) groups is 2. The van der Waals surface area contributed by atoms with Gasteiger partial charge in [-0.1, -0.05) is 50.2 Å². The minimum absolute atomic E-state index is 0.0635. The molecule has 0 aliphatic carbocycles. The summed E-state index contributed by atoms with van der Waals surface area (Å²) in [5.41, 5.74) is 0.279. The minimum Gasteiger partial charge on any atom is -0.467 e. The van der Waals surface area contributed by atoms with Crippen LogP contribution in [0.25, 0.3) is 16.5 Å². The molecule has 3 rings (SSSR count). The Kier molecular flexibility index (Phi) is 5.54. The molecule has 1 unspecified atom stereocenters. The minimum atomic E-state index is -0.824. The highest BCUT2D eigenvalue weighted by Crippen LogP contribution is 2.16. The monoisotopic (exact) mass is 379 g/mol. The second-order valence-electron chi connectivity index (χ2n) is 6.67. The van der Waals surface area contributed by atoms with E-state index in [0.29, 0.717) is 16.5 Å². The zero-order chi connectivity index (χ0) is 20.3. The van der Waals surface area contributed by atoms with Crippen molar-refractivity contribution in [1.82, 2.24) is 15.1 Å². The van der Waals surface area contributed by atoms with Gasteiger partial charge in [-0.15, -0.1) is 0 Å². The first-order valence-corrected chi connectivity index (χ1v) is 8.90. The first-order chi connectivity index (χ1) is 13.4. The topological polar surface area (TPSA) is 90.3 Å². The molecule has 28 heavy (non-hydrogen) atoms. The number of nitrogens with zero attached hydrogens (tertiary/aromatic N) is 2. The largest absolute Gasteiger partial charge is 0.467 e. The van der Waals surface area contributed by atoms with Crippen molar-refractivity contribution in [2.75, 3.05) is 7.11 Å². The summed E-state index contributed by atoms with van der Waals surface area (Å²) >= 11 is 0. The molecule has 0 saturated heterocycles. The summed E-state index contributed by atoms with van der Waals surface area (Å²) in [5, 5.41) is 7.78. The van der Waals surface area contributed by atoms with Gasteiger partial charge >= 0.3 is 5.97 Å². The molecule has 1 atom stereocenters. The lowest BCUT2D eigenvalue weighted by molar-refractivity contribution is -0.144. The van der Waals surface area contributed by atoms with Gasteiger partial charge in [-0.3, -0.25) is 9.59 Å². The van der Waals surface area contributed by atoms with E-state index in [9.17, 15) is 14.4 Å². The zero-order valence-electron chi connectivity index (χ0n) is 15.9. The van der Waals surface area contributed by atoms with Crippen LogP contribution in [0, 0.1) is 5.92 Å². The highest BCUT2D eigenvalue weighted by atomic mass is 16.5. The molecule has 7 nitrogen and oxygen atoms in total. The molecule has 2 aromatic carbocycles. The van der Waals surface area contributed by atoms with E-state index in [-0.39, 0.29) is 17.2 Å². The summed E-state index contributed by atoms with van der Waals surface area (Å²) in [6, 6.07) is 14.8. The molecule has 1 aromatic heterocycles. The highest BCUT2D eigenvalue weighted by Gasteiger charge is 2.27. The molecule has 0 radical (unpaired) electrons. The number of para-hydroxylation sites is 1. The number of methoxy groups -OCH3 is 1. The first-order valence-electron chi connectivity index (χ1n) is 8.90. The van der Waals surface area contributed by atoms with Gasteiger partial charge in [0.15, 0.2) is 5.69 Å². The lowest BCUT2D eigenvalue weighted by Gasteiger charge is -2.20. The Hall–Kier alpha value is -3.48. The van der Waals surface area contributed by atoms with Gasteiger partial charge in [0, 0.05) is 5.39 Å². The van der Waals surface area contributed by atoms with Crippen LogP contribution in [-0.4, -0.2) is 34.8 Å². The quantitative estimate of drug-likeness (QED) is 0.687. The van der Waals surface area contributed by atoms with Crippen molar-refractivity contribution >= 4 is 22.6 Å². The normalized spacial score (nSPS) is 12.0. The molecular formula is C21H21N3O4. The van der Waals surface area contributed by atoms with Crippen molar-refractivity contribution in [1.29, 1.82) is 0 Å². The van der Waals surface area contributed by atoms with Gasteiger partial charge in [-0.25, -0.2) is 4.79 Å². The fraction of sp³-hybridized carbons (Fsp3) is 0.238. The summed E-state index contributed by atoms with van der Waals surface area (Å²) in [6.07, 6.45) is 0. The Bertz CT molecular complexity index is 1070. The van der Waals surface area contributed by atoms with Crippen molar-refractivity contribution in [3.8, 4) is 5.69 Å². The number of ether oxygens (including phenoxy) is 1. The van der Waals surface area contributed by atoms with Gasteiger partial charge in [0.1, 0.15) is 6.04 Å². The molecule has 7 heteroatoms. The van der Waals surface area contributed by atoms with Gasteiger partial charge in [0.05, 0.1) is 18.2 Å². The standard InChI is InChI=1S/C21H21N3O4/c1-13(2)17(21(27)28-3)22-19(25)18-15-11-7-8-12-16(15)20(26)24(23-18)14-9-5-4-6-10-14/h4-13,17H,1-3H3,(H,22,25). The van der Waals surface area contributed by atoms with Crippen molar-refractivity contribution < 1.29 is 14.3 Å². The van der Waals surface area contributed by atoms with Gasteiger partial charge in [-0.05, 0) is 24.1 Å². The Morgan fingerprint density at radius 3 is 2.21 bits per heavy atom. The fourth-order valence-corrected chi connectivity index (χ4v) is 2.94. The van der Waals surface area contributed by atoms with Crippen molar-refractivity contribution in [2.24, 2.45) is 5.92 Å². The molecular weight excluding hydrogens is 358 g/mol. The fourth-order valence-electron chi connectivity index (χ4n) is 2.94. The zero-order valence-corrected chi connectivity index (χ0v) is 15.9. The van der Waals surface area contributed by atoms with Gasteiger partial charge < -0.3 is 10.1 Å². The summed E-state index contributed by atoms with van der Waals surface area (Å²) in [6.45, 7) is 3.61. The van der Waals surface area contributed by atoms with E-state index in [1.807, 2.05) is 6.07 Å². The number of amides is 1. The number of esters is 1. The molecule has 0 aliphatic heterocycles. The second-order valence-corrected chi connectivity index (χ2v) is 6.67. The van der Waals surface area contributed by atoms with E-state index >= 15 is 0 Å². The van der Waals surface area contributed by atoms with Crippen molar-refractivity contribution in [3.63, 3.8) is 0 Å². The molecule has 0 saturated carbocycles. The van der Waals surface area contributed by atoms with Gasteiger partial charge in [0.2, 0.25) is 0 Å². The first kappa shape index (κ1) is 19.3. The van der Waals surface area contributed by atoms with E-state index in [1.165, 1.54) is 11.8 Å². The summed E-state index contributed by atoms with van der Waals surface area (Å²) < 4.78 is 5.98.